The first-order valence-electron chi connectivity index (χ1n) is 6.15. The molecular weight excluding hydrogens is 254 g/mol. The van der Waals surface area contributed by atoms with Crippen LogP contribution in [0.25, 0.3) is 0 Å². The largest absolute Gasteiger partial charge is 0.339 e. The number of hydrogen-bond donors (Lipinski definition) is 0. The monoisotopic (exact) mass is 275 g/mol. The summed E-state index contributed by atoms with van der Waals surface area (Å²) in [5.74, 6) is 0.369. The normalized spacial score (nSPS) is 15.3. The number of carbonyl (C=O) groups excluding carboxylic acids is 1. The Kier molecular flexibility index (Phi) is 6.30. The minimum atomic E-state index is 0.369. The van der Waals surface area contributed by atoms with E-state index in [0.29, 0.717) is 11.9 Å². The molecule has 0 bridgehead atoms. The number of halogens is 1. The van der Waals surface area contributed by atoms with Crippen LogP contribution in [0.15, 0.2) is 0 Å². The number of alkyl halides is 1. The van der Waals surface area contributed by atoms with Crippen LogP contribution in [0.3, 0.4) is 0 Å². The van der Waals surface area contributed by atoms with E-state index < -0.39 is 0 Å². The van der Waals surface area contributed by atoms with E-state index in [2.05, 4.69) is 27.8 Å². The van der Waals surface area contributed by atoms with E-state index >= 15 is 0 Å². The molecule has 0 aromatic rings. The number of hydrogen-bond acceptors (Lipinski definition) is 1. The van der Waals surface area contributed by atoms with Crippen molar-refractivity contribution in [3.63, 3.8) is 0 Å². The highest BCUT2D eigenvalue weighted by Gasteiger charge is 2.31. The minimum absolute atomic E-state index is 0.369. The number of amides is 1. The predicted octanol–water partition coefficient (Wildman–Crippen LogP) is 3.34. The van der Waals surface area contributed by atoms with Crippen LogP contribution in [-0.2, 0) is 4.79 Å². The summed E-state index contributed by atoms with van der Waals surface area (Å²) >= 11 is 3.41. The van der Waals surface area contributed by atoms with Crippen molar-refractivity contribution in [2.45, 2.75) is 57.9 Å². The molecule has 1 aliphatic rings. The van der Waals surface area contributed by atoms with Gasteiger partial charge in [0.05, 0.1) is 0 Å². The average Bonchev–Trinajstić information content (AvgIpc) is 3.04. The van der Waals surface area contributed by atoms with Gasteiger partial charge in [-0.25, -0.2) is 0 Å². The van der Waals surface area contributed by atoms with Gasteiger partial charge >= 0.3 is 0 Å². The molecule has 0 atom stereocenters. The number of carbonyl (C=O) groups is 1. The highest BCUT2D eigenvalue weighted by Crippen LogP contribution is 2.27. The Bertz CT molecular complexity index is 192. The Hall–Kier alpha value is -0.0500. The lowest BCUT2D eigenvalue weighted by atomic mass is 10.1. The van der Waals surface area contributed by atoms with Crippen LogP contribution >= 0.6 is 15.9 Å². The zero-order valence-corrected chi connectivity index (χ0v) is 11.3. The Balaban J connectivity index is 2.17. The van der Waals surface area contributed by atoms with Crippen LogP contribution in [0.5, 0.6) is 0 Å². The van der Waals surface area contributed by atoms with Gasteiger partial charge in [0, 0.05) is 24.3 Å². The average molecular weight is 276 g/mol. The molecule has 0 radical (unpaired) electrons. The summed E-state index contributed by atoms with van der Waals surface area (Å²) in [5, 5.41) is 0.907. The van der Waals surface area contributed by atoms with E-state index in [4.69, 9.17) is 0 Å². The molecule has 0 aromatic carbocycles. The molecule has 0 unspecified atom stereocenters. The van der Waals surface area contributed by atoms with E-state index in [1.165, 1.54) is 32.1 Å². The van der Waals surface area contributed by atoms with Crippen molar-refractivity contribution in [3.8, 4) is 0 Å². The third-order valence-electron chi connectivity index (χ3n) is 2.88. The molecule has 0 saturated heterocycles. The molecule has 1 saturated carbocycles. The van der Waals surface area contributed by atoms with Crippen molar-refractivity contribution in [3.05, 3.63) is 0 Å². The summed E-state index contributed by atoms with van der Waals surface area (Å²) in [6.07, 6.45) is 7.95. The number of unbranched alkanes of at least 4 members (excludes halogenated alkanes) is 3. The van der Waals surface area contributed by atoms with Gasteiger partial charge in [0.1, 0.15) is 0 Å². The van der Waals surface area contributed by atoms with Gasteiger partial charge in [-0.05, 0) is 19.3 Å². The molecule has 0 aliphatic heterocycles. The fourth-order valence-electron chi connectivity index (χ4n) is 1.83. The molecule has 88 valence electrons. The molecule has 15 heavy (non-hydrogen) atoms. The molecule has 0 heterocycles. The van der Waals surface area contributed by atoms with E-state index in [-0.39, 0.29) is 0 Å². The quantitative estimate of drug-likeness (QED) is 0.492. The number of rotatable bonds is 8. The summed E-state index contributed by atoms with van der Waals surface area (Å²) in [5.41, 5.74) is 0. The molecule has 0 aromatic heterocycles. The molecule has 0 N–H and O–H groups in total. The molecule has 1 rings (SSSR count). The van der Waals surface area contributed by atoms with Crippen molar-refractivity contribution >= 4 is 21.8 Å². The van der Waals surface area contributed by atoms with Crippen LogP contribution in [0, 0.1) is 0 Å². The smallest absolute Gasteiger partial charge is 0.222 e. The Morgan fingerprint density at radius 3 is 2.60 bits per heavy atom. The van der Waals surface area contributed by atoms with Gasteiger partial charge in [-0.3, -0.25) is 4.79 Å². The molecule has 0 spiro atoms. The third kappa shape index (κ3) is 5.01. The third-order valence-corrected chi connectivity index (χ3v) is 3.23. The van der Waals surface area contributed by atoms with Gasteiger partial charge in [0.15, 0.2) is 0 Å². The second-order valence-corrected chi connectivity index (χ2v) is 5.11. The maximum atomic E-state index is 11.9. The van der Waals surface area contributed by atoms with Gasteiger partial charge in [-0.2, -0.15) is 0 Å². The first kappa shape index (κ1) is 13.0. The Morgan fingerprint density at radius 1 is 1.33 bits per heavy atom. The van der Waals surface area contributed by atoms with Crippen molar-refractivity contribution < 1.29 is 4.79 Å². The zero-order chi connectivity index (χ0) is 11.1. The lowest BCUT2D eigenvalue weighted by Gasteiger charge is -2.21. The lowest BCUT2D eigenvalue weighted by Crippen LogP contribution is -2.34. The van der Waals surface area contributed by atoms with Gasteiger partial charge in [-0.15, -0.1) is 0 Å². The van der Waals surface area contributed by atoms with Crippen molar-refractivity contribution in [2.75, 3.05) is 11.9 Å². The van der Waals surface area contributed by atoms with E-state index in [1.807, 2.05) is 0 Å². The van der Waals surface area contributed by atoms with Crippen molar-refractivity contribution in [1.29, 1.82) is 0 Å². The number of nitrogens with zero attached hydrogens (tertiary/aromatic N) is 1. The minimum Gasteiger partial charge on any atom is -0.339 e. The summed E-state index contributed by atoms with van der Waals surface area (Å²) < 4.78 is 0. The van der Waals surface area contributed by atoms with Crippen LogP contribution in [0.2, 0.25) is 0 Å². The predicted molar refractivity (Wildman–Crippen MR) is 67.3 cm³/mol. The lowest BCUT2D eigenvalue weighted by molar-refractivity contribution is -0.131. The Labute approximate surface area is 102 Å². The van der Waals surface area contributed by atoms with Gasteiger partial charge in [-0.1, -0.05) is 42.1 Å². The molecule has 2 nitrogen and oxygen atoms in total. The Morgan fingerprint density at radius 2 is 2.07 bits per heavy atom. The second kappa shape index (κ2) is 7.26. The van der Waals surface area contributed by atoms with Crippen LogP contribution in [-0.4, -0.2) is 28.7 Å². The fraction of sp³-hybridized carbons (Fsp3) is 0.917. The van der Waals surface area contributed by atoms with E-state index in [9.17, 15) is 4.79 Å². The molecule has 1 amide bonds. The first-order chi connectivity index (χ1) is 7.29. The highest BCUT2D eigenvalue weighted by atomic mass is 79.9. The second-order valence-electron chi connectivity index (χ2n) is 4.32. The summed E-state index contributed by atoms with van der Waals surface area (Å²) in [6, 6.07) is 0.571. The molecular formula is C12H22BrNO. The van der Waals surface area contributed by atoms with E-state index in [0.717, 1.165) is 24.7 Å². The molecule has 1 aliphatic carbocycles. The summed E-state index contributed by atoms with van der Waals surface area (Å²) in [4.78, 5) is 14.0. The molecule has 1 fully saturated rings. The van der Waals surface area contributed by atoms with Crippen LogP contribution < -0.4 is 0 Å². The fourth-order valence-corrected chi connectivity index (χ4v) is 2.22. The van der Waals surface area contributed by atoms with Gasteiger partial charge < -0.3 is 4.90 Å². The van der Waals surface area contributed by atoms with Gasteiger partial charge in [0.25, 0.3) is 0 Å². The van der Waals surface area contributed by atoms with E-state index in [1.54, 1.807) is 0 Å². The van der Waals surface area contributed by atoms with Gasteiger partial charge in [0.2, 0.25) is 5.91 Å². The maximum absolute atomic E-state index is 11.9. The highest BCUT2D eigenvalue weighted by molar-refractivity contribution is 9.09. The van der Waals surface area contributed by atoms with Crippen molar-refractivity contribution in [1.82, 2.24) is 4.90 Å². The SMILES string of the molecule is CCCCCCC(=O)N(CCBr)C1CC1. The first-order valence-corrected chi connectivity index (χ1v) is 7.27. The topological polar surface area (TPSA) is 20.3 Å². The summed E-state index contributed by atoms with van der Waals surface area (Å²) in [7, 11) is 0. The van der Waals surface area contributed by atoms with Crippen molar-refractivity contribution in [2.24, 2.45) is 0 Å². The standard InChI is InChI=1S/C12H22BrNO/c1-2-3-4-5-6-12(15)14(10-9-13)11-7-8-11/h11H,2-10H2,1H3. The zero-order valence-electron chi connectivity index (χ0n) is 9.67. The van der Waals surface area contributed by atoms with Crippen LogP contribution in [0.1, 0.15) is 51.9 Å². The van der Waals surface area contributed by atoms with Crippen LogP contribution in [0.4, 0.5) is 0 Å². The molecule has 3 heteroatoms. The maximum Gasteiger partial charge on any atom is 0.222 e. The summed E-state index contributed by atoms with van der Waals surface area (Å²) in [6.45, 7) is 3.08.